The molecule has 4 nitrogen and oxygen atoms in total. The second kappa shape index (κ2) is 7.27. The van der Waals surface area contributed by atoms with Crippen LogP contribution in [0.3, 0.4) is 0 Å². The first-order valence-electron chi connectivity index (χ1n) is 6.67. The Morgan fingerprint density at radius 3 is 2.33 bits per heavy atom. The number of nitriles is 1. The van der Waals surface area contributed by atoms with Crippen LogP contribution in [0, 0.1) is 11.3 Å². The number of likely N-dealkylation sites (N-methyl/N-ethyl adjacent to an activating group) is 1. The zero-order valence-corrected chi connectivity index (χ0v) is 12.4. The minimum Gasteiger partial charge on any atom is -0.354 e. The number of hydrogen-bond donors (Lipinski definition) is 0. The molecule has 116 valence electrons. The molecule has 1 heterocycles. The number of aromatic nitrogens is 1. The monoisotopic (exact) mass is 300 g/mol. The maximum absolute atomic E-state index is 12.8. The quantitative estimate of drug-likeness (QED) is 0.810. The third-order valence-electron chi connectivity index (χ3n) is 2.90. The molecule has 0 aliphatic heterocycles. The number of nitrogens with zero attached hydrogens (tertiary/aromatic N) is 4. The van der Waals surface area contributed by atoms with E-state index in [1.54, 1.807) is 4.90 Å². The molecule has 0 saturated carbocycles. The molecule has 0 bridgehead atoms. The third kappa shape index (κ3) is 4.90. The van der Waals surface area contributed by atoms with Crippen molar-refractivity contribution in [2.45, 2.75) is 19.5 Å². The summed E-state index contributed by atoms with van der Waals surface area (Å²) in [5.74, 6) is 0.107. The van der Waals surface area contributed by atoms with Gasteiger partial charge in [-0.05, 0) is 32.6 Å². The van der Waals surface area contributed by atoms with Crippen LogP contribution < -0.4 is 4.90 Å². The lowest BCUT2D eigenvalue weighted by atomic mass is 10.2. The predicted octanol–water partition coefficient (Wildman–Crippen LogP) is 2.75. The average Bonchev–Trinajstić information content (AvgIpc) is 2.41. The molecule has 0 unspecified atom stereocenters. The van der Waals surface area contributed by atoms with Crippen LogP contribution in [0.5, 0.6) is 0 Å². The predicted molar refractivity (Wildman–Crippen MR) is 75.0 cm³/mol. The standard InChI is InChI=1S/C14H19F3N4/c1-4-7-21(9-8-20(2)3)13-11(10-18)5-6-12(19-13)14(15,16)17/h5-6H,4,7-9H2,1-3H3. The molecule has 1 aromatic heterocycles. The lowest BCUT2D eigenvalue weighted by molar-refractivity contribution is -0.141. The molecule has 1 rings (SSSR count). The van der Waals surface area contributed by atoms with Crippen molar-refractivity contribution in [3.63, 3.8) is 0 Å². The first-order chi connectivity index (χ1) is 9.79. The van der Waals surface area contributed by atoms with E-state index >= 15 is 0 Å². The molecule has 0 amide bonds. The van der Waals surface area contributed by atoms with Gasteiger partial charge in [-0.3, -0.25) is 0 Å². The molecule has 0 saturated heterocycles. The average molecular weight is 300 g/mol. The zero-order valence-electron chi connectivity index (χ0n) is 12.4. The van der Waals surface area contributed by atoms with Crippen molar-refractivity contribution < 1.29 is 13.2 Å². The highest BCUT2D eigenvalue weighted by Gasteiger charge is 2.33. The van der Waals surface area contributed by atoms with E-state index in [1.165, 1.54) is 6.07 Å². The number of pyridine rings is 1. The maximum atomic E-state index is 12.8. The summed E-state index contributed by atoms with van der Waals surface area (Å²) in [6.07, 6.45) is -3.75. The van der Waals surface area contributed by atoms with Gasteiger partial charge < -0.3 is 9.80 Å². The second-order valence-electron chi connectivity index (χ2n) is 4.97. The summed E-state index contributed by atoms with van der Waals surface area (Å²) in [5, 5.41) is 9.10. The molecule has 0 fully saturated rings. The highest BCUT2D eigenvalue weighted by molar-refractivity contribution is 5.54. The topological polar surface area (TPSA) is 43.2 Å². The summed E-state index contributed by atoms with van der Waals surface area (Å²) in [6, 6.07) is 3.95. The van der Waals surface area contributed by atoms with Crippen molar-refractivity contribution in [2.24, 2.45) is 0 Å². The minimum atomic E-state index is -4.51. The minimum absolute atomic E-state index is 0.107. The van der Waals surface area contributed by atoms with Gasteiger partial charge >= 0.3 is 6.18 Å². The number of anilines is 1. The SMILES string of the molecule is CCCN(CCN(C)C)c1nc(C(F)(F)F)ccc1C#N. The van der Waals surface area contributed by atoms with Crippen LogP contribution in [-0.2, 0) is 6.18 Å². The van der Waals surface area contributed by atoms with Gasteiger partial charge in [-0.1, -0.05) is 6.92 Å². The fourth-order valence-electron chi connectivity index (χ4n) is 1.85. The van der Waals surface area contributed by atoms with Crippen molar-refractivity contribution in [1.82, 2.24) is 9.88 Å². The normalized spacial score (nSPS) is 11.5. The van der Waals surface area contributed by atoms with Crippen molar-refractivity contribution in [1.29, 1.82) is 5.26 Å². The molecule has 0 radical (unpaired) electrons. The Bertz CT molecular complexity index is 506. The van der Waals surface area contributed by atoms with Crippen LogP contribution in [0.4, 0.5) is 19.0 Å². The third-order valence-corrected chi connectivity index (χ3v) is 2.90. The molecule has 1 aromatic rings. The lowest BCUT2D eigenvalue weighted by Crippen LogP contribution is -2.34. The smallest absolute Gasteiger partial charge is 0.354 e. The van der Waals surface area contributed by atoms with Crippen LogP contribution in [0.25, 0.3) is 0 Å². The Morgan fingerprint density at radius 1 is 1.19 bits per heavy atom. The fraction of sp³-hybridized carbons (Fsp3) is 0.571. The molecule has 0 N–H and O–H groups in total. The van der Waals surface area contributed by atoms with Crippen molar-refractivity contribution >= 4 is 5.82 Å². The Labute approximate surface area is 122 Å². The van der Waals surface area contributed by atoms with E-state index in [9.17, 15) is 13.2 Å². The first kappa shape index (κ1) is 17.2. The number of halogens is 3. The fourth-order valence-corrected chi connectivity index (χ4v) is 1.85. The Hall–Kier alpha value is -1.81. The molecule has 0 atom stereocenters. The van der Waals surface area contributed by atoms with E-state index in [-0.39, 0.29) is 11.4 Å². The van der Waals surface area contributed by atoms with Gasteiger partial charge in [0.25, 0.3) is 0 Å². The number of hydrogen-bond acceptors (Lipinski definition) is 4. The van der Waals surface area contributed by atoms with Crippen LogP contribution in [0.2, 0.25) is 0 Å². The van der Waals surface area contributed by atoms with Gasteiger partial charge in [0, 0.05) is 19.6 Å². The van der Waals surface area contributed by atoms with Gasteiger partial charge in [-0.25, -0.2) is 4.98 Å². The van der Waals surface area contributed by atoms with Crippen molar-refractivity contribution in [3.05, 3.63) is 23.4 Å². The summed E-state index contributed by atoms with van der Waals surface area (Å²) in [4.78, 5) is 7.33. The summed E-state index contributed by atoms with van der Waals surface area (Å²) < 4.78 is 38.4. The van der Waals surface area contributed by atoms with Crippen molar-refractivity contribution in [2.75, 3.05) is 38.6 Å². The largest absolute Gasteiger partial charge is 0.433 e. The van der Waals surface area contributed by atoms with Gasteiger partial charge in [0.1, 0.15) is 17.6 Å². The van der Waals surface area contributed by atoms with E-state index < -0.39 is 11.9 Å². The summed E-state index contributed by atoms with van der Waals surface area (Å²) in [5.41, 5.74) is -0.808. The van der Waals surface area contributed by atoms with Crippen molar-refractivity contribution in [3.8, 4) is 6.07 Å². The van der Waals surface area contributed by atoms with E-state index in [2.05, 4.69) is 4.98 Å². The van der Waals surface area contributed by atoms with E-state index in [0.717, 1.165) is 12.5 Å². The van der Waals surface area contributed by atoms with E-state index in [1.807, 2.05) is 32.0 Å². The Morgan fingerprint density at radius 2 is 1.86 bits per heavy atom. The summed E-state index contributed by atoms with van der Waals surface area (Å²) in [6.45, 7) is 3.67. The van der Waals surface area contributed by atoms with Gasteiger partial charge in [0.05, 0.1) is 5.56 Å². The number of alkyl halides is 3. The second-order valence-corrected chi connectivity index (χ2v) is 4.97. The molecule has 0 spiro atoms. The Kier molecular flexibility index (Phi) is 5.97. The maximum Gasteiger partial charge on any atom is 0.433 e. The molecule has 21 heavy (non-hydrogen) atoms. The molecular weight excluding hydrogens is 281 g/mol. The van der Waals surface area contributed by atoms with Crippen LogP contribution in [-0.4, -0.2) is 43.6 Å². The Balaban J connectivity index is 3.17. The molecule has 0 aromatic carbocycles. The van der Waals surface area contributed by atoms with Gasteiger partial charge in [-0.15, -0.1) is 0 Å². The van der Waals surface area contributed by atoms with E-state index in [0.29, 0.717) is 19.6 Å². The van der Waals surface area contributed by atoms with Gasteiger partial charge in [-0.2, -0.15) is 18.4 Å². The first-order valence-corrected chi connectivity index (χ1v) is 6.67. The van der Waals surface area contributed by atoms with E-state index in [4.69, 9.17) is 5.26 Å². The molecular formula is C14H19F3N4. The van der Waals surface area contributed by atoms with Crippen LogP contribution in [0.15, 0.2) is 12.1 Å². The summed E-state index contributed by atoms with van der Waals surface area (Å²) >= 11 is 0. The zero-order chi connectivity index (χ0) is 16.0. The number of rotatable bonds is 6. The molecule has 0 aliphatic carbocycles. The summed E-state index contributed by atoms with van der Waals surface area (Å²) in [7, 11) is 3.77. The van der Waals surface area contributed by atoms with Crippen LogP contribution in [0.1, 0.15) is 24.6 Å². The lowest BCUT2D eigenvalue weighted by Gasteiger charge is -2.26. The highest BCUT2D eigenvalue weighted by atomic mass is 19.4. The highest BCUT2D eigenvalue weighted by Crippen LogP contribution is 2.30. The molecule has 7 heteroatoms. The van der Waals surface area contributed by atoms with Crippen LogP contribution >= 0.6 is 0 Å². The van der Waals surface area contributed by atoms with Gasteiger partial charge in [0.15, 0.2) is 0 Å². The molecule has 0 aliphatic rings. The van der Waals surface area contributed by atoms with Gasteiger partial charge in [0.2, 0.25) is 0 Å².